The molecule has 1 saturated heterocycles. The number of nitrogens with two attached hydrogens (primary N) is 1. The summed E-state index contributed by atoms with van der Waals surface area (Å²) in [6, 6.07) is 4.99. The standard InChI is InChI=1S/C14H20BrN3O2/c15-14-8-13(18(19)20)4-3-12(14)10-17-7-1-2-11(9-17)5-6-16/h3-4,8,11H,1-2,5-7,9-10,16H2. The van der Waals surface area contributed by atoms with Crippen LogP contribution in [-0.4, -0.2) is 29.5 Å². The molecule has 0 aliphatic carbocycles. The van der Waals surface area contributed by atoms with E-state index in [-0.39, 0.29) is 10.6 Å². The number of hydrogen-bond acceptors (Lipinski definition) is 4. The Kier molecular flexibility index (Phi) is 5.51. The second-order valence-electron chi connectivity index (χ2n) is 5.35. The highest BCUT2D eigenvalue weighted by atomic mass is 79.9. The molecule has 1 heterocycles. The maximum atomic E-state index is 10.7. The lowest BCUT2D eigenvalue weighted by Crippen LogP contribution is -2.35. The Balaban J connectivity index is 2.00. The summed E-state index contributed by atoms with van der Waals surface area (Å²) in [4.78, 5) is 12.8. The fourth-order valence-electron chi connectivity index (χ4n) is 2.79. The molecule has 2 N–H and O–H groups in total. The molecular weight excluding hydrogens is 322 g/mol. The van der Waals surface area contributed by atoms with Gasteiger partial charge in [-0.3, -0.25) is 15.0 Å². The van der Waals surface area contributed by atoms with Crippen molar-refractivity contribution in [1.82, 2.24) is 4.90 Å². The van der Waals surface area contributed by atoms with Gasteiger partial charge in [0, 0.05) is 29.7 Å². The van der Waals surface area contributed by atoms with Crippen LogP contribution in [0.4, 0.5) is 5.69 Å². The zero-order chi connectivity index (χ0) is 14.5. The van der Waals surface area contributed by atoms with Gasteiger partial charge in [0.2, 0.25) is 0 Å². The number of nitro groups is 1. The molecule has 0 radical (unpaired) electrons. The van der Waals surface area contributed by atoms with Gasteiger partial charge in [-0.1, -0.05) is 15.9 Å². The highest BCUT2D eigenvalue weighted by Crippen LogP contribution is 2.26. The first-order valence-electron chi connectivity index (χ1n) is 6.95. The predicted molar refractivity (Wildman–Crippen MR) is 82.5 cm³/mol. The molecule has 1 aliphatic rings. The van der Waals surface area contributed by atoms with Crippen molar-refractivity contribution < 1.29 is 4.92 Å². The van der Waals surface area contributed by atoms with Gasteiger partial charge in [-0.05, 0) is 49.9 Å². The van der Waals surface area contributed by atoms with Crippen LogP contribution in [0.25, 0.3) is 0 Å². The number of non-ortho nitro benzene ring substituents is 1. The summed E-state index contributed by atoms with van der Waals surface area (Å²) < 4.78 is 0.813. The molecule has 0 saturated carbocycles. The Labute approximate surface area is 127 Å². The Morgan fingerprint density at radius 2 is 2.30 bits per heavy atom. The smallest absolute Gasteiger partial charge is 0.270 e. The van der Waals surface area contributed by atoms with E-state index in [9.17, 15) is 10.1 Å². The zero-order valence-electron chi connectivity index (χ0n) is 11.4. The van der Waals surface area contributed by atoms with Crippen LogP contribution in [0, 0.1) is 16.0 Å². The van der Waals surface area contributed by atoms with Gasteiger partial charge < -0.3 is 5.73 Å². The van der Waals surface area contributed by atoms with Crippen molar-refractivity contribution in [2.75, 3.05) is 19.6 Å². The number of hydrogen-bond donors (Lipinski definition) is 1. The van der Waals surface area contributed by atoms with Crippen LogP contribution < -0.4 is 5.73 Å². The molecule has 1 fully saturated rings. The summed E-state index contributed by atoms with van der Waals surface area (Å²) in [5.74, 6) is 0.686. The van der Waals surface area contributed by atoms with Crippen molar-refractivity contribution in [3.05, 3.63) is 38.3 Å². The molecule has 20 heavy (non-hydrogen) atoms. The number of rotatable bonds is 5. The Morgan fingerprint density at radius 1 is 1.50 bits per heavy atom. The summed E-state index contributed by atoms with van der Waals surface area (Å²) in [5, 5.41) is 10.7. The molecular formula is C14H20BrN3O2. The summed E-state index contributed by atoms with van der Waals surface area (Å²) in [7, 11) is 0. The number of halogens is 1. The minimum absolute atomic E-state index is 0.125. The Hall–Kier alpha value is -0.980. The van der Waals surface area contributed by atoms with Crippen molar-refractivity contribution in [1.29, 1.82) is 0 Å². The van der Waals surface area contributed by atoms with Crippen LogP contribution in [0.5, 0.6) is 0 Å². The molecule has 0 spiro atoms. The van der Waals surface area contributed by atoms with E-state index in [1.165, 1.54) is 12.8 Å². The number of nitro benzene ring substituents is 1. The van der Waals surface area contributed by atoms with Gasteiger partial charge in [0.1, 0.15) is 0 Å². The van der Waals surface area contributed by atoms with Crippen molar-refractivity contribution in [3.63, 3.8) is 0 Å². The van der Waals surface area contributed by atoms with Gasteiger partial charge in [0.15, 0.2) is 0 Å². The topological polar surface area (TPSA) is 72.4 Å². The molecule has 0 aromatic heterocycles. The molecule has 1 unspecified atom stereocenters. The van der Waals surface area contributed by atoms with Crippen LogP contribution in [0.3, 0.4) is 0 Å². The molecule has 2 rings (SSSR count). The lowest BCUT2D eigenvalue weighted by atomic mass is 9.94. The van der Waals surface area contributed by atoms with Crippen LogP contribution in [0.2, 0.25) is 0 Å². The van der Waals surface area contributed by atoms with Gasteiger partial charge >= 0.3 is 0 Å². The average Bonchev–Trinajstić information content (AvgIpc) is 2.42. The second-order valence-corrected chi connectivity index (χ2v) is 6.21. The van der Waals surface area contributed by atoms with Crippen LogP contribution in [-0.2, 0) is 6.54 Å². The zero-order valence-corrected chi connectivity index (χ0v) is 13.0. The highest BCUT2D eigenvalue weighted by Gasteiger charge is 2.20. The molecule has 1 aliphatic heterocycles. The number of piperidine rings is 1. The van der Waals surface area contributed by atoms with Crippen LogP contribution in [0.1, 0.15) is 24.8 Å². The van der Waals surface area contributed by atoms with Gasteiger partial charge in [-0.15, -0.1) is 0 Å². The predicted octanol–water partition coefficient (Wildman–Crippen LogP) is 2.92. The van der Waals surface area contributed by atoms with Gasteiger partial charge in [0.05, 0.1) is 4.92 Å². The van der Waals surface area contributed by atoms with Crippen molar-refractivity contribution in [3.8, 4) is 0 Å². The third kappa shape index (κ3) is 4.01. The van der Waals surface area contributed by atoms with E-state index in [0.717, 1.165) is 42.6 Å². The van der Waals surface area contributed by atoms with Crippen molar-refractivity contribution in [2.45, 2.75) is 25.8 Å². The minimum atomic E-state index is -0.368. The summed E-state index contributed by atoms with van der Waals surface area (Å²) in [6.45, 7) is 3.74. The Bertz CT molecular complexity index is 479. The molecule has 0 bridgehead atoms. The SMILES string of the molecule is NCCC1CCCN(Cc2ccc([N+](=O)[O-])cc2Br)C1. The first kappa shape index (κ1) is 15.4. The van der Waals surface area contributed by atoms with Crippen LogP contribution >= 0.6 is 15.9 Å². The molecule has 1 atom stereocenters. The number of benzene rings is 1. The van der Waals surface area contributed by atoms with E-state index in [2.05, 4.69) is 20.8 Å². The monoisotopic (exact) mass is 341 g/mol. The number of nitrogens with zero attached hydrogens (tertiary/aromatic N) is 2. The minimum Gasteiger partial charge on any atom is -0.330 e. The highest BCUT2D eigenvalue weighted by molar-refractivity contribution is 9.10. The average molecular weight is 342 g/mol. The molecule has 1 aromatic carbocycles. The van der Waals surface area contributed by atoms with Crippen molar-refractivity contribution in [2.24, 2.45) is 11.7 Å². The second kappa shape index (κ2) is 7.15. The molecule has 5 nitrogen and oxygen atoms in total. The lowest BCUT2D eigenvalue weighted by Gasteiger charge is -2.32. The van der Waals surface area contributed by atoms with E-state index < -0.39 is 0 Å². The molecule has 110 valence electrons. The Morgan fingerprint density at radius 3 is 2.95 bits per heavy atom. The third-order valence-corrected chi connectivity index (χ3v) is 4.56. The summed E-state index contributed by atoms with van der Waals surface area (Å²) in [6.07, 6.45) is 3.54. The van der Waals surface area contributed by atoms with E-state index in [0.29, 0.717) is 5.92 Å². The van der Waals surface area contributed by atoms with Gasteiger partial charge in [-0.25, -0.2) is 0 Å². The van der Waals surface area contributed by atoms with E-state index >= 15 is 0 Å². The van der Waals surface area contributed by atoms with Crippen LogP contribution in [0.15, 0.2) is 22.7 Å². The number of likely N-dealkylation sites (tertiary alicyclic amines) is 1. The van der Waals surface area contributed by atoms with E-state index in [4.69, 9.17) is 5.73 Å². The van der Waals surface area contributed by atoms with Gasteiger partial charge in [-0.2, -0.15) is 0 Å². The molecule has 1 aromatic rings. The lowest BCUT2D eigenvalue weighted by molar-refractivity contribution is -0.384. The van der Waals surface area contributed by atoms with E-state index in [1.807, 2.05) is 6.07 Å². The third-order valence-electron chi connectivity index (χ3n) is 3.82. The fraction of sp³-hybridized carbons (Fsp3) is 0.571. The quantitative estimate of drug-likeness (QED) is 0.660. The largest absolute Gasteiger partial charge is 0.330 e. The normalized spacial score (nSPS) is 20.0. The van der Waals surface area contributed by atoms with Crippen molar-refractivity contribution >= 4 is 21.6 Å². The first-order valence-corrected chi connectivity index (χ1v) is 7.74. The maximum absolute atomic E-state index is 10.7. The summed E-state index contributed by atoms with van der Waals surface area (Å²) >= 11 is 3.44. The summed E-state index contributed by atoms with van der Waals surface area (Å²) in [5.41, 5.74) is 6.86. The van der Waals surface area contributed by atoms with E-state index in [1.54, 1.807) is 12.1 Å². The molecule has 0 amide bonds. The first-order chi connectivity index (χ1) is 9.60. The van der Waals surface area contributed by atoms with Gasteiger partial charge in [0.25, 0.3) is 5.69 Å². The maximum Gasteiger partial charge on any atom is 0.270 e. The fourth-order valence-corrected chi connectivity index (χ4v) is 3.28. The molecule has 6 heteroatoms.